The molecule has 21 heavy (non-hydrogen) atoms. The van der Waals surface area contributed by atoms with E-state index in [0.717, 1.165) is 22.4 Å². The summed E-state index contributed by atoms with van der Waals surface area (Å²) >= 11 is 0.827. The first-order valence-corrected chi connectivity index (χ1v) is 7.26. The molecule has 0 unspecified atom stereocenters. The lowest BCUT2D eigenvalue weighted by atomic mass is 10.3. The van der Waals surface area contributed by atoms with Crippen molar-refractivity contribution in [1.29, 1.82) is 0 Å². The van der Waals surface area contributed by atoms with Crippen LogP contribution < -0.4 is 0 Å². The summed E-state index contributed by atoms with van der Waals surface area (Å²) in [6.07, 6.45) is 3.20. The molecule has 6 nitrogen and oxygen atoms in total. The fourth-order valence-electron chi connectivity index (χ4n) is 1.82. The smallest absolute Gasteiger partial charge is 0.326 e. The highest BCUT2D eigenvalue weighted by atomic mass is 32.2. The lowest BCUT2D eigenvalue weighted by molar-refractivity contribution is -0.149. The Hall–Kier alpha value is -2.02. The van der Waals surface area contributed by atoms with Crippen LogP contribution in [0.1, 0.15) is 19.5 Å². The van der Waals surface area contributed by atoms with Crippen molar-refractivity contribution < 1.29 is 19.1 Å². The van der Waals surface area contributed by atoms with Gasteiger partial charge in [0.25, 0.3) is 11.1 Å². The Morgan fingerprint density at radius 2 is 2.14 bits per heavy atom. The van der Waals surface area contributed by atoms with Crippen molar-refractivity contribution in [3.63, 3.8) is 0 Å². The minimum atomic E-state index is -0.590. The molecule has 0 radical (unpaired) electrons. The predicted molar refractivity (Wildman–Crippen MR) is 79.3 cm³/mol. The van der Waals surface area contributed by atoms with Crippen LogP contribution >= 0.6 is 11.8 Å². The van der Waals surface area contributed by atoms with Gasteiger partial charge in [-0.15, -0.1) is 0 Å². The zero-order chi connectivity index (χ0) is 15.6. The lowest BCUT2D eigenvalue weighted by Gasteiger charge is -2.13. The number of imide groups is 1. The molecule has 2 amide bonds. The monoisotopic (exact) mass is 308 g/mol. The average molecular weight is 308 g/mol. The van der Waals surface area contributed by atoms with Crippen molar-refractivity contribution in [3.8, 4) is 0 Å². The summed E-state index contributed by atoms with van der Waals surface area (Å²) in [6, 6.07) is 3.68. The minimum absolute atomic E-state index is 0.281. The van der Waals surface area contributed by atoms with E-state index < -0.39 is 17.1 Å². The van der Waals surface area contributed by atoms with Crippen molar-refractivity contribution in [1.82, 2.24) is 9.47 Å². The molecule has 7 heteroatoms. The van der Waals surface area contributed by atoms with Gasteiger partial charge in [-0.05, 0) is 43.8 Å². The second-order valence-electron chi connectivity index (χ2n) is 4.85. The Kier molecular flexibility index (Phi) is 4.52. The van der Waals surface area contributed by atoms with Crippen molar-refractivity contribution in [3.05, 3.63) is 28.9 Å². The molecule has 1 saturated heterocycles. The first-order valence-electron chi connectivity index (χ1n) is 6.44. The molecule has 0 atom stereocenters. The summed E-state index contributed by atoms with van der Waals surface area (Å²) in [5.74, 6) is -1.06. The molecule has 112 valence electrons. The second-order valence-corrected chi connectivity index (χ2v) is 5.84. The van der Waals surface area contributed by atoms with Gasteiger partial charge in [0, 0.05) is 18.9 Å². The Morgan fingerprint density at radius 1 is 1.43 bits per heavy atom. The molecule has 2 heterocycles. The molecule has 0 aliphatic carbocycles. The number of esters is 1. The number of hydrogen-bond donors (Lipinski definition) is 0. The highest BCUT2D eigenvalue weighted by molar-refractivity contribution is 8.18. The SMILES string of the molecule is CC(C)OC(=O)CN1C(=O)S/C(=C\c2cccn2C)C1=O. The van der Waals surface area contributed by atoms with Gasteiger partial charge in [0.05, 0.1) is 11.0 Å². The van der Waals surface area contributed by atoms with E-state index in [0.29, 0.717) is 4.91 Å². The Labute approximate surface area is 126 Å². The van der Waals surface area contributed by atoms with E-state index in [1.54, 1.807) is 19.9 Å². The molecule has 0 N–H and O–H groups in total. The van der Waals surface area contributed by atoms with Crippen LogP contribution in [0.15, 0.2) is 23.2 Å². The summed E-state index contributed by atoms with van der Waals surface area (Å²) in [6.45, 7) is 3.06. The zero-order valence-electron chi connectivity index (χ0n) is 12.0. The third kappa shape index (κ3) is 3.55. The first kappa shape index (κ1) is 15.4. The van der Waals surface area contributed by atoms with Gasteiger partial charge >= 0.3 is 5.97 Å². The molecule has 1 fully saturated rings. The fourth-order valence-corrected chi connectivity index (χ4v) is 2.65. The molecule has 0 spiro atoms. The average Bonchev–Trinajstić information content (AvgIpc) is 2.88. The van der Waals surface area contributed by atoms with Gasteiger partial charge in [-0.1, -0.05) is 0 Å². The summed E-state index contributed by atoms with van der Waals surface area (Å²) in [4.78, 5) is 36.8. The van der Waals surface area contributed by atoms with Crippen LogP contribution in [0, 0.1) is 0 Å². The fraction of sp³-hybridized carbons (Fsp3) is 0.357. The summed E-state index contributed by atoms with van der Waals surface area (Å²) in [5, 5.41) is -0.457. The van der Waals surface area contributed by atoms with Gasteiger partial charge < -0.3 is 9.30 Å². The van der Waals surface area contributed by atoms with Crippen LogP contribution in [0.4, 0.5) is 4.79 Å². The van der Waals surface area contributed by atoms with Crippen LogP contribution in [0.25, 0.3) is 6.08 Å². The normalized spacial score (nSPS) is 17.1. The first-order chi connectivity index (χ1) is 9.88. The van der Waals surface area contributed by atoms with E-state index in [9.17, 15) is 14.4 Å². The topological polar surface area (TPSA) is 68.6 Å². The van der Waals surface area contributed by atoms with Gasteiger partial charge in [0.15, 0.2) is 0 Å². The molecule has 1 aromatic rings. The number of nitrogens with zero attached hydrogens (tertiary/aromatic N) is 2. The number of hydrogen-bond acceptors (Lipinski definition) is 5. The summed E-state index contributed by atoms with van der Waals surface area (Å²) in [5.41, 5.74) is 0.810. The second kappa shape index (κ2) is 6.17. The van der Waals surface area contributed by atoms with Crippen LogP contribution in [0.5, 0.6) is 0 Å². The van der Waals surface area contributed by atoms with E-state index in [1.807, 2.05) is 29.9 Å². The maximum atomic E-state index is 12.2. The largest absolute Gasteiger partial charge is 0.462 e. The molecular formula is C14H16N2O4S. The number of amides is 2. The van der Waals surface area contributed by atoms with Gasteiger partial charge in [0.1, 0.15) is 6.54 Å². The van der Waals surface area contributed by atoms with Crippen LogP contribution in [-0.2, 0) is 21.4 Å². The standard InChI is InChI=1S/C14H16N2O4S/c1-9(2)20-12(17)8-16-13(18)11(21-14(16)19)7-10-5-4-6-15(10)3/h4-7,9H,8H2,1-3H3/b11-7-. The Bertz CT molecular complexity index is 618. The van der Waals surface area contributed by atoms with Crippen molar-refractivity contribution in [2.45, 2.75) is 20.0 Å². The van der Waals surface area contributed by atoms with Crippen LogP contribution in [0.3, 0.4) is 0 Å². The molecule has 1 aromatic heterocycles. The number of thioether (sulfide) groups is 1. The molecule has 2 rings (SSSR count). The molecule has 0 saturated carbocycles. The van der Waals surface area contributed by atoms with Crippen molar-refractivity contribution >= 4 is 35.0 Å². The van der Waals surface area contributed by atoms with Crippen molar-refractivity contribution in [2.75, 3.05) is 6.54 Å². The van der Waals surface area contributed by atoms with E-state index >= 15 is 0 Å². The number of ether oxygens (including phenoxy) is 1. The lowest BCUT2D eigenvalue weighted by Crippen LogP contribution is -2.35. The van der Waals surface area contributed by atoms with E-state index in [1.165, 1.54) is 0 Å². The summed E-state index contributed by atoms with van der Waals surface area (Å²) < 4.78 is 6.79. The van der Waals surface area contributed by atoms with Gasteiger partial charge in [-0.2, -0.15) is 0 Å². The van der Waals surface area contributed by atoms with E-state index in [-0.39, 0.29) is 12.6 Å². The number of aryl methyl sites for hydroxylation is 1. The molecule has 1 aliphatic rings. The molecular weight excluding hydrogens is 292 g/mol. The van der Waals surface area contributed by atoms with Crippen molar-refractivity contribution in [2.24, 2.45) is 7.05 Å². The predicted octanol–water partition coefficient (Wildman–Crippen LogP) is 2.01. The number of rotatable bonds is 4. The maximum absolute atomic E-state index is 12.2. The number of aromatic nitrogens is 1. The minimum Gasteiger partial charge on any atom is -0.462 e. The number of carbonyl (C=O) groups is 3. The third-order valence-electron chi connectivity index (χ3n) is 2.79. The Balaban J connectivity index is 2.12. The van der Waals surface area contributed by atoms with Crippen LogP contribution in [-0.4, -0.2) is 39.2 Å². The zero-order valence-corrected chi connectivity index (χ0v) is 12.8. The number of carbonyl (C=O) groups excluding carboxylic acids is 3. The van der Waals surface area contributed by atoms with Crippen LogP contribution in [0.2, 0.25) is 0 Å². The molecule has 0 bridgehead atoms. The van der Waals surface area contributed by atoms with E-state index in [4.69, 9.17) is 4.74 Å². The maximum Gasteiger partial charge on any atom is 0.326 e. The van der Waals surface area contributed by atoms with Gasteiger partial charge in [-0.25, -0.2) is 0 Å². The Morgan fingerprint density at radius 3 is 2.71 bits per heavy atom. The summed E-state index contributed by atoms with van der Waals surface area (Å²) in [7, 11) is 1.84. The highest BCUT2D eigenvalue weighted by Gasteiger charge is 2.36. The third-order valence-corrected chi connectivity index (χ3v) is 3.70. The quantitative estimate of drug-likeness (QED) is 0.629. The van der Waals surface area contributed by atoms with Gasteiger partial charge in [-0.3, -0.25) is 19.3 Å². The highest BCUT2D eigenvalue weighted by Crippen LogP contribution is 2.32. The molecule has 0 aromatic carbocycles. The van der Waals surface area contributed by atoms with E-state index in [2.05, 4.69) is 0 Å². The molecule has 1 aliphatic heterocycles. The van der Waals surface area contributed by atoms with Gasteiger partial charge in [0.2, 0.25) is 0 Å².